The van der Waals surface area contributed by atoms with Crippen molar-refractivity contribution in [3.63, 3.8) is 0 Å². The van der Waals surface area contributed by atoms with Gasteiger partial charge in [-0.25, -0.2) is 0 Å². The molecule has 0 amide bonds. The molecule has 1 aliphatic rings. The number of nitrogens with one attached hydrogen (secondary N) is 1. The molecule has 1 aromatic rings. The molecular weight excluding hydrogens is 218 g/mol. The van der Waals surface area contributed by atoms with E-state index in [1.165, 1.54) is 0 Å². The maximum absolute atomic E-state index is 5.71. The molecule has 1 N–H and O–H groups in total. The van der Waals surface area contributed by atoms with Crippen molar-refractivity contribution in [2.75, 3.05) is 33.0 Å². The molecule has 1 heterocycles. The summed E-state index contributed by atoms with van der Waals surface area (Å²) in [5.74, 6) is 1.68. The Morgan fingerprint density at radius 1 is 1.35 bits per heavy atom. The quantitative estimate of drug-likeness (QED) is 0.841. The summed E-state index contributed by atoms with van der Waals surface area (Å²) < 4.78 is 16.5. The Hall–Kier alpha value is -1.26. The van der Waals surface area contributed by atoms with Gasteiger partial charge in [0, 0.05) is 12.6 Å². The number of ether oxygens (including phenoxy) is 3. The van der Waals surface area contributed by atoms with E-state index in [1.54, 1.807) is 0 Å². The maximum atomic E-state index is 5.71. The van der Waals surface area contributed by atoms with Crippen LogP contribution in [0.2, 0.25) is 0 Å². The van der Waals surface area contributed by atoms with Gasteiger partial charge >= 0.3 is 0 Å². The monoisotopic (exact) mass is 237 g/mol. The molecule has 17 heavy (non-hydrogen) atoms. The smallest absolute Gasteiger partial charge is 0.123 e. The second kappa shape index (κ2) is 6.47. The third kappa shape index (κ3) is 3.91. The van der Waals surface area contributed by atoms with Crippen molar-refractivity contribution in [1.82, 2.24) is 5.32 Å². The minimum Gasteiger partial charge on any atom is -0.494 e. The highest BCUT2D eigenvalue weighted by molar-refractivity contribution is 5.32. The summed E-state index contributed by atoms with van der Waals surface area (Å²) in [7, 11) is 0. The largest absolute Gasteiger partial charge is 0.494 e. The van der Waals surface area contributed by atoms with Crippen LogP contribution in [0.5, 0.6) is 11.5 Å². The van der Waals surface area contributed by atoms with Crippen LogP contribution in [0.3, 0.4) is 0 Å². The molecule has 1 fully saturated rings. The lowest BCUT2D eigenvalue weighted by atomic mass is 10.3. The summed E-state index contributed by atoms with van der Waals surface area (Å²) in [6.45, 7) is 5.66. The van der Waals surface area contributed by atoms with Crippen molar-refractivity contribution in [2.45, 2.75) is 13.0 Å². The van der Waals surface area contributed by atoms with E-state index in [-0.39, 0.29) is 6.04 Å². The highest BCUT2D eigenvalue weighted by atomic mass is 16.5. The fourth-order valence-electron chi connectivity index (χ4n) is 1.74. The maximum Gasteiger partial charge on any atom is 0.123 e. The number of rotatable bonds is 5. The van der Waals surface area contributed by atoms with Gasteiger partial charge in [-0.05, 0) is 19.1 Å². The summed E-state index contributed by atoms with van der Waals surface area (Å²) >= 11 is 0. The molecule has 1 saturated heterocycles. The molecule has 0 aliphatic carbocycles. The van der Waals surface area contributed by atoms with Crippen molar-refractivity contribution < 1.29 is 14.2 Å². The van der Waals surface area contributed by atoms with E-state index in [9.17, 15) is 0 Å². The zero-order valence-corrected chi connectivity index (χ0v) is 10.1. The summed E-state index contributed by atoms with van der Waals surface area (Å²) in [6.07, 6.45) is 0. The van der Waals surface area contributed by atoms with Crippen LogP contribution < -0.4 is 14.8 Å². The van der Waals surface area contributed by atoms with E-state index < -0.39 is 0 Å². The summed E-state index contributed by atoms with van der Waals surface area (Å²) in [5, 5.41) is 3.35. The zero-order chi connectivity index (χ0) is 11.9. The Balaban J connectivity index is 1.83. The molecule has 1 aromatic carbocycles. The Morgan fingerprint density at radius 3 is 2.88 bits per heavy atom. The van der Waals surface area contributed by atoms with Gasteiger partial charge in [0.25, 0.3) is 0 Å². The fraction of sp³-hybridized carbons (Fsp3) is 0.538. The molecule has 0 spiro atoms. The first-order valence-electron chi connectivity index (χ1n) is 6.05. The molecule has 0 saturated carbocycles. The molecule has 0 aromatic heterocycles. The lowest BCUT2D eigenvalue weighted by molar-refractivity contribution is 0.0592. The van der Waals surface area contributed by atoms with Crippen LogP contribution in [0.15, 0.2) is 24.3 Å². The average Bonchev–Trinajstić information content (AvgIpc) is 2.39. The highest BCUT2D eigenvalue weighted by Crippen LogP contribution is 2.19. The van der Waals surface area contributed by atoms with E-state index in [0.717, 1.165) is 24.7 Å². The predicted molar refractivity (Wildman–Crippen MR) is 65.7 cm³/mol. The Morgan fingerprint density at radius 2 is 2.18 bits per heavy atom. The van der Waals surface area contributed by atoms with Crippen LogP contribution in [0.1, 0.15) is 6.92 Å². The lowest BCUT2D eigenvalue weighted by Gasteiger charge is -2.23. The lowest BCUT2D eigenvalue weighted by Crippen LogP contribution is -2.44. The third-order valence-corrected chi connectivity index (χ3v) is 2.57. The third-order valence-electron chi connectivity index (χ3n) is 2.57. The molecule has 94 valence electrons. The molecule has 4 nitrogen and oxygen atoms in total. The minimum absolute atomic E-state index is 0.277. The summed E-state index contributed by atoms with van der Waals surface area (Å²) in [4.78, 5) is 0. The molecule has 1 aliphatic heterocycles. The summed E-state index contributed by atoms with van der Waals surface area (Å²) in [5.41, 5.74) is 0. The molecule has 2 rings (SSSR count). The van der Waals surface area contributed by atoms with Gasteiger partial charge in [-0.2, -0.15) is 0 Å². The molecule has 0 bridgehead atoms. The normalized spacial score (nSPS) is 19.9. The van der Waals surface area contributed by atoms with Crippen LogP contribution >= 0.6 is 0 Å². The number of benzene rings is 1. The van der Waals surface area contributed by atoms with E-state index in [0.29, 0.717) is 19.8 Å². The van der Waals surface area contributed by atoms with Crippen molar-refractivity contribution in [2.24, 2.45) is 0 Å². The highest BCUT2D eigenvalue weighted by Gasteiger charge is 2.13. The van der Waals surface area contributed by atoms with Crippen LogP contribution in [0.4, 0.5) is 0 Å². The number of hydrogen-bond donors (Lipinski definition) is 1. The van der Waals surface area contributed by atoms with Crippen molar-refractivity contribution >= 4 is 0 Å². The Labute approximate surface area is 102 Å². The molecule has 4 heteroatoms. The van der Waals surface area contributed by atoms with Crippen LogP contribution in [-0.4, -0.2) is 39.0 Å². The van der Waals surface area contributed by atoms with E-state index in [2.05, 4.69) is 5.32 Å². The van der Waals surface area contributed by atoms with Gasteiger partial charge in [-0.3, -0.25) is 0 Å². The van der Waals surface area contributed by atoms with Gasteiger partial charge in [0.2, 0.25) is 0 Å². The summed E-state index contributed by atoms with van der Waals surface area (Å²) in [6, 6.07) is 7.99. The van der Waals surface area contributed by atoms with Gasteiger partial charge in [0.15, 0.2) is 0 Å². The molecule has 1 atom stereocenters. The van der Waals surface area contributed by atoms with Crippen molar-refractivity contribution in [3.05, 3.63) is 24.3 Å². The number of morpholine rings is 1. The first-order chi connectivity index (χ1) is 8.38. The van der Waals surface area contributed by atoms with E-state index in [4.69, 9.17) is 14.2 Å². The molecule has 1 unspecified atom stereocenters. The average molecular weight is 237 g/mol. The Bertz CT molecular complexity index is 337. The van der Waals surface area contributed by atoms with Gasteiger partial charge in [-0.15, -0.1) is 0 Å². The van der Waals surface area contributed by atoms with Gasteiger partial charge in [-0.1, -0.05) is 6.07 Å². The zero-order valence-electron chi connectivity index (χ0n) is 10.1. The molecule has 0 radical (unpaired) electrons. The first kappa shape index (κ1) is 12.2. The van der Waals surface area contributed by atoms with Gasteiger partial charge in [0.1, 0.15) is 18.1 Å². The van der Waals surface area contributed by atoms with Crippen molar-refractivity contribution in [1.29, 1.82) is 0 Å². The first-order valence-corrected chi connectivity index (χ1v) is 6.05. The second-order valence-electron chi connectivity index (χ2n) is 3.94. The SMILES string of the molecule is CCOc1cccc(OCC2COCCN2)c1. The van der Waals surface area contributed by atoms with Gasteiger partial charge in [0.05, 0.1) is 25.9 Å². The Kier molecular flexibility index (Phi) is 4.64. The van der Waals surface area contributed by atoms with E-state index >= 15 is 0 Å². The standard InChI is InChI=1S/C13H19NO3/c1-2-16-12-4-3-5-13(8-12)17-10-11-9-15-7-6-14-11/h3-5,8,11,14H,2,6-7,9-10H2,1H3. The topological polar surface area (TPSA) is 39.7 Å². The van der Waals surface area contributed by atoms with Crippen LogP contribution in [0, 0.1) is 0 Å². The van der Waals surface area contributed by atoms with Crippen LogP contribution in [-0.2, 0) is 4.74 Å². The minimum atomic E-state index is 0.277. The van der Waals surface area contributed by atoms with Gasteiger partial charge < -0.3 is 19.5 Å². The number of hydrogen-bond acceptors (Lipinski definition) is 4. The second-order valence-corrected chi connectivity index (χ2v) is 3.94. The van der Waals surface area contributed by atoms with Crippen molar-refractivity contribution in [3.8, 4) is 11.5 Å². The molecular formula is C13H19NO3. The van der Waals surface area contributed by atoms with Crippen LogP contribution in [0.25, 0.3) is 0 Å². The van der Waals surface area contributed by atoms with E-state index in [1.807, 2.05) is 31.2 Å². The predicted octanol–water partition coefficient (Wildman–Crippen LogP) is 1.45. The fourth-order valence-corrected chi connectivity index (χ4v) is 1.74.